The number of carbonyl (C=O) groups excluding carboxylic acids is 1. The van der Waals surface area contributed by atoms with Gasteiger partial charge in [-0.05, 0) is 57.7 Å². The Morgan fingerprint density at radius 2 is 2.13 bits per heavy atom. The third kappa shape index (κ3) is 4.19. The van der Waals surface area contributed by atoms with Crippen molar-refractivity contribution >= 4 is 17.5 Å². The van der Waals surface area contributed by atoms with Crippen LogP contribution in [0.3, 0.4) is 0 Å². The van der Waals surface area contributed by atoms with Gasteiger partial charge in [0.25, 0.3) is 0 Å². The van der Waals surface area contributed by atoms with Crippen LogP contribution >= 0.6 is 11.8 Å². The van der Waals surface area contributed by atoms with E-state index in [1.807, 2.05) is 31.3 Å². The fraction of sp³-hybridized carbons (Fsp3) is 0.478. The number of Topliss-reactive ketones (excluding diaryl/α,β-unsaturated/α-hetero) is 1. The zero-order valence-corrected chi connectivity index (χ0v) is 18.8. The smallest absolute Gasteiger partial charge is 0.192 e. The molecule has 3 aromatic heterocycles. The van der Waals surface area contributed by atoms with E-state index in [1.165, 1.54) is 11.8 Å². The third-order valence-corrected chi connectivity index (χ3v) is 7.06. The number of carbonyl (C=O) groups is 1. The van der Waals surface area contributed by atoms with Crippen molar-refractivity contribution < 1.29 is 9.53 Å². The maximum atomic E-state index is 13.1. The van der Waals surface area contributed by atoms with E-state index in [2.05, 4.69) is 31.2 Å². The summed E-state index contributed by atoms with van der Waals surface area (Å²) in [5.41, 5.74) is 3.89. The van der Waals surface area contributed by atoms with Gasteiger partial charge < -0.3 is 9.30 Å². The molecule has 3 aromatic rings. The number of nitrogens with zero attached hydrogens (tertiary/aromatic N) is 5. The lowest BCUT2D eigenvalue weighted by Crippen LogP contribution is -2.17. The molecule has 162 valence electrons. The standard InChI is InChI=1S/C23H27N5O2S/c1-15-11-20(16(2)27(15)13-19-6-4-10-30-19)21(29)14-31-23-26-25-22(28(23)18-7-8-18)17-5-3-9-24-12-17/h3,5,9,11-12,18-19H,4,6-8,10,13-14H2,1-2H3/t19-/m1/s1. The van der Waals surface area contributed by atoms with Crippen LogP contribution in [0.2, 0.25) is 0 Å². The van der Waals surface area contributed by atoms with Gasteiger partial charge in [0.05, 0.1) is 11.9 Å². The van der Waals surface area contributed by atoms with Gasteiger partial charge in [-0.25, -0.2) is 0 Å². The second-order valence-corrected chi connectivity index (χ2v) is 9.33. The summed E-state index contributed by atoms with van der Waals surface area (Å²) < 4.78 is 10.2. The molecule has 0 amide bonds. The molecule has 8 heteroatoms. The summed E-state index contributed by atoms with van der Waals surface area (Å²) >= 11 is 1.48. The molecule has 0 spiro atoms. The minimum atomic E-state index is 0.130. The summed E-state index contributed by atoms with van der Waals surface area (Å²) in [7, 11) is 0. The average molecular weight is 438 g/mol. The Morgan fingerprint density at radius 3 is 2.84 bits per heavy atom. The average Bonchev–Trinajstić information content (AvgIpc) is 3.20. The Kier molecular flexibility index (Phi) is 5.67. The molecule has 0 aromatic carbocycles. The monoisotopic (exact) mass is 437 g/mol. The van der Waals surface area contributed by atoms with Gasteiger partial charge in [-0.1, -0.05) is 11.8 Å². The van der Waals surface area contributed by atoms with Gasteiger partial charge in [0.1, 0.15) is 0 Å². The maximum Gasteiger partial charge on any atom is 0.192 e. The second-order valence-electron chi connectivity index (χ2n) is 8.39. The summed E-state index contributed by atoms with van der Waals surface area (Å²) in [4.78, 5) is 17.3. The van der Waals surface area contributed by atoms with E-state index >= 15 is 0 Å². The van der Waals surface area contributed by atoms with Crippen LogP contribution in [0.25, 0.3) is 11.4 Å². The van der Waals surface area contributed by atoms with Crippen molar-refractivity contribution in [3.63, 3.8) is 0 Å². The van der Waals surface area contributed by atoms with Crippen molar-refractivity contribution in [1.82, 2.24) is 24.3 Å². The predicted octanol–water partition coefficient (Wildman–Crippen LogP) is 4.25. The normalized spacial score (nSPS) is 18.6. The molecule has 1 atom stereocenters. The number of hydrogen-bond donors (Lipinski definition) is 0. The van der Waals surface area contributed by atoms with E-state index in [1.54, 1.807) is 6.20 Å². The van der Waals surface area contributed by atoms with E-state index in [0.29, 0.717) is 11.8 Å². The van der Waals surface area contributed by atoms with Crippen LogP contribution < -0.4 is 0 Å². The molecule has 7 nitrogen and oxygen atoms in total. The number of ketones is 1. The molecule has 5 rings (SSSR count). The number of rotatable bonds is 8. The Hall–Kier alpha value is -2.45. The lowest BCUT2D eigenvalue weighted by Gasteiger charge is -2.14. The third-order valence-electron chi connectivity index (χ3n) is 6.11. The fourth-order valence-electron chi connectivity index (χ4n) is 4.29. The zero-order chi connectivity index (χ0) is 21.4. The largest absolute Gasteiger partial charge is 0.376 e. The topological polar surface area (TPSA) is 74.8 Å². The second kappa shape index (κ2) is 8.59. The molecule has 1 aliphatic carbocycles. The van der Waals surface area contributed by atoms with Crippen molar-refractivity contribution in [2.24, 2.45) is 0 Å². The van der Waals surface area contributed by atoms with Gasteiger partial charge in [-0.3, -0.25) is 14.3 Å². The molecule has 2 fully saturated rings. The van der Waals surface area contributed by atoms with Crippen LogP contribution in [-0.2, 0) is 11.3 Å². The van der Waals surface area contributed by atoms with Crippen molar-refractivity contribution in [3.8, 4) is 11.4 Å². The summed E-state index contributed by atoms with van der Waals surface area (Å²) in [5.74, 6) is 1.31. The van der Waals surface area contributed by atoms with Crippen molar-refractivity contribution in [3.05, 3.63) is 47.5 Å². The molecule has 0 radical (unpaired) electrons. The highest BCUT2D eigenvalue weighted by Crippen LogP contribution is 2.41. The molecule has 1 saturated carbocycles. The van der Waals surface area contributed by atoms with Crippen molar-refractivity contribution in [2.45, 2.75) is 63.4 Å². The van der Waals surface area contributed by atoms with E-state index in [9.17, 15) is 4.79 Å². The van der Waals surface area contributed by atoms with Gasteiger partial charge in [-0.2, -0.15) is 0 Å². The number of aryl methyl sites for hydroxylation is 1. The van der Waals surface area contributed by atoms with Crippen LogP contribution in [0.4, 0.5) is 0 Å². The predicted molar refractivity (Wildman–Crippen MR) is 119 cm³/mol. The molecule has 0 unspecified atom stereocenters. The number of hydrogen-bond acceptors (Lipinski definition) is 6. The first-order valence-electron chi connectivity index (χ1n) is 10.9. The number of ether oxygens (including phenoxy) is 1. The van der Waals surface area contributed by atoms with Gasteiger partial charge in [0, 0.05) is 54.1 Å². The Balaban J connectivity index is 1.32. The number of pyridine rings is 1. The van der Waals surface area contributed by atoms with Crippen LogP contribution in [0.1, 0.15) is 53.5 Å². The molecule has 2 aliphatic rings. The van der Waals surface area contributed by atoms with E-state index in [-0.39, 0.29) is 11.9 Å². The molecule has 0 bridgehead atoms. The van der Waals surface area contributed by atoms with Crippen LogP contribution in [-0.4, -0.2) is 48.6 Å². The van der Waals surface area contributed by atoms with Gasteiger partial charge >= 0.3 is 0 Å². The van der Waals surface area contributed by atoms with Gasteiger partial charge in [0.2, 0.25) is 0 Å². The molecular weight excluding hydrogens is 410 g/mol. The first-order chi connectivity index (χ1) is 15.1. The van der Waals surface area contributed by atoms with Crippen LogP contribution in [0.5, 0.6) is 0 Å². The summed E-state index contributed by atoms with van der Waals surface area (Å²) in [6.45, 7) is 5.76. The van der Waals surface area contributed by atoms with Crippen molar-refractivity contribution in [1.29, 1.82) is 0 Å². The Bertz CT molecular complexity index is 1080. The van der Waals surface area contributed by atoms with Crippen molar-refractivity contribution in [2.75, 3.05) is 12.4 Å². The minimum Gasteiger partial charge on any atom is -0.376 e. The fourth-order valence-corrected chi connectivity index (χ4v) is 5.18. The molecule has 4 heterocycles. The number of aromatic nitrogens is 5. The maximum absolute atomic E-state index is 13.1. The number of thioether (sulfide) groups is 1. The zero-order valence-electron chi connectivity index (χ0n) is 18.0. The van der Waals surface area contributed by atoms with E-state index in [0.717, 1.165) is 72.3 Å². The highest BCUT2D eigenvalue weighted by molar-refractivity contribution is 7.99. The Morgan fingerprint density at radius 1 is 1.26 bits per heavy atom. The summed E-state index contributed by atoms with van der Waals surface area (Å²) in [5, 5.41) is 9.63. The lowest BCUT2D eigenvalue weighted by molar-refractivity contribution is 0.0957. The highest BCUT2D eigenvalue weighted by Gasteiger charge is 2.30. The van der Waals surface area contributed by atoms with Crippen LogP contribution in [0.15, 0.2) is 35.7 Å². The molecule has 1 saturated heterocycles. The quantitative estimate of drug-likeness (QED) is 0.387. The lowest BCUT2D eigenvalue weighted by atomic mass is 10.2. The van der Waals surface area contributed by atoms with E-state index in [4.69, 9.17) is 4.74 Å². The first kappa shape index (κ1) is 20.5. The molecule has 1 aliphatic heterocycles. The van der Waals surface area contributed by atoms with E-state index < -0.39 is 0 Å². The minimum absolute atomic E-state index is 0.130. The molecular formula is C23H27N5O2S. The Labute approximate surface area is 186 Å². The van der Waals surface area contributed by atoms with Gasteiger partial charge in [-0.15, -0.1) is 10.2 Å². The molecule has 31 heavy (non-hydrogen) atoms. The first-order valence-corrected chi connectivity index (χ1v) is 11.9. The highest BCUT2D eigenvalue weighted by atomic mass is 32.2. The summed E-state index contributed by atoms with van der Waals surface area (Å²) in [6.07, 6.45) is 8.27. The SMILES string of the molecule is Cc1cc(C(=O)CSc2nnc(-c3cccnc3)n2C2CC2)c(C)n1C[C@H]1CCCO1. The summed E-state index contributed by atoms with van der Waals surface area (Å²) in [6, 6.07) is 6.33. The van der Waals surface area contributed by atoms with Gasteiger partial charge in [0.15, 0.2) is 16.8 Å². The molecule has 0 N–H and O–H groups in total. The van der Waals surface area contributed by atoms with Crippen LogP contribution in [0, 0.1) is 13.8 Å².